The van der Waals surface area contributed by atoms with Crippen molar-refractivity contribution >= 4 is 22.6 Å². The van der Waals surface area contributed by atoms with Crippen LogP contribution >= 0.6 is 0 Å². The second kappa shape index (κ2) is 10.9. The van der Waals surface area contributed by atoms with Crippen LogP contribution in [0.3, 0.4) is 0 Å². The normalized spacial score (nSPS) is 18.0. The van der Waals surface area contributed by atoms with E-state index in [1.807, 2.05) is 42.6 Å². The van der Waals surface area contributed by atoms with Crippen LogP contribution in [-0.4, -0.2) is 69.0 Å². The fraction of sp³-hybridized carbons (Fsp3) is 0.343. The van der Waals surface area contributed by atoms with Crippen LogP contribution in [0.2, 0.25) is 0 Å². The molecule has 224 valence electrons. The molecular weight excluding hydrogens is 552 g/mol. The maximum absolute atomic E-state index is 13.9. The van der Waals surface area contributed by atoms with E-state index >= 15 is 0 Å². The van der Waals surface area contributed by atoms with Gasteiger partial charge in [0.2, 0.25) is 0 Å². The number of aromatic amines is 1. The van der Waals surface area contributed by atoms with Gasteiger partial charge in [-0.1, -0.05) is 18.2 Å². The van der Waals surface area contributed by atoms with Crippen molar-refractivity contribution < 1.29 is 14.6 Å². The van der Waals surface area contributed by atoms with E-state index in [4.69, 9.17) is 9.84 Å². The van der Waals surface area contributed by atoms with Crippen molar-refractivity contribution in [3.63, 3.8) is 0 Å². The summed E-state index contributed by atoms with van der Waals surface area (Å²) in [4.78, 5) is 26.1. The quantitative estimate of drug-likeness (QED) is 0.261. The van der Waals surface area contributed by atoms with Crippen LogP contribution in [0.5, 0.6) is 5.75 Å². The van der Waals surface area contributed by atoms with E-state index in [1.54, 1.807) is 11.1 Å². The van der Waals surface area contributed by atoms with Gasteiger partial charge in [-0.3, -0.25) is 9.48 Å². The second-order valence-corrected chi connectivity index (χ2v) is 12.3. The number of H-pyrrole nitrogens is 1. The first kappa shape index (κ1) is 27.1. The Morgan fingerprint density at radius 3 is 2.68 bits per heavy atom. The molecule has 2 aliphatic heterocycles. The number of benzene rings is 2. The highest BCUT2D eigenvalue weighted by Gasteiger charge is 2.30. The van der Waals surface area contributed by atoms with Gasteiger partial charge in [0.05, 0.1) is 42.3 Å². The smallest absolute Gasteiger partial charge is 0.262 e. The van der Waals surface area contributed by atoms with Gasteiger partial charge in [-0.05, 0) is 98.8 Å². The van der Waals surface area contributed by atoms with Crippen LogP contribution in [0.25, 0.3) is 33.4 Å². The van der Waals surface area contributed by atoms with Crippen LogP contribution in [0, 0.1) is 0 Å². The molecule has 44 heavy (non-hydrogen) atoms. The van der Waals surface area contributed by atoms with E-state index in [9.17, 15) is 9.90 Å². The number of pyridine rings is 1. The van der Waals surface area contributed by atoms with Crippen molar-refractivity contribution in [1.29, 1.82) is 0 Å². The monoisotopic (exact) mass is 588 g/mol. The Hall–Kier alpha value is -4.47. The lowest BCUT2D eigenvalue weighted by atomic mass is 9.96. The Morgan fingerprint density at radius 1 is 1.00 bits per heavy atom. The number of nitrogens with one attached hydrogen (secondary N) is 1. The number of carbonyl (C=O) groups excluding carboxylic acids is 1. The molecule has 2 fully saturated rings. The molecule has 9 heteroatoms. The fourth-order valence-corrected chi connectivity index (χ4v) is 6.83. The molecule has 3 aliphatic rings. The van der Waals surface area contributed by atoms with Crippen LogP contribution < -0.4 is 9.64 Å². The Bertz CT molecular complexity index is 1860. The maximum Gasteiger partial charge on any atom is 0.262 e. The minimum Gasteiger partial charge on any atom is -0.491 e. The highest BCUT2D eigenvalue weighted by atomic mass is 16.5. The standard InChI is InChI=1S/C35H36N6O3/c1-39-13-10-25(11-14-39)41-20-24(19-37-41)31-18-29-27(9-12-36-34(29)38-31)26-3-2-4-32(30(26)21-42)40-15-16-44-33-17-23(22-5-6-22)7-8-28(33)35(40)43/h2-4,7-9,12,17-20,22,25,42H,5-6,10-11,13-16,21H2,1H3,(H,36,38). The van der Waals surface area contributed by atoms with Gasteiger partial charge < -0.3 is 24.6 Å². The van der Waals surface area contributed by atoms with E-state index in [2.05, 4.69) is 44.9 Å². The number of aliphatic hydroxyl groups is 1. The third-order valence-corrected chi connectivity index (χ3v) is 9.50. The van der Waals surface area contributed by atoms with Crippen molar-refractivity contribution in [2.24, 2.45) is 0 Å². The first-order valence-electron chi connectivity index (χ1n) is 15.6. The fourth-order valence-electron chi connectivity index (χ4n) is 6.83. The zero-order valence-electron chi connectivity index (χ0n) is 24.9. The Labute approximate surface area is 256 Å². The highest BCUT2D eigenvalue weighted by Crippen LogP contribution is 2.43. The molecule has 2 aromatic carbocycles. The van der Waals surface area contributed by atoms with Gasteiger partial charge >= 0.3 is 0 Å². The van der Waals surface area contributed by atoms with Gasteiger partial charge in [0.25, 0.3) is 5.91 Å². The molecule has 0 bridgehead atoms. The molecule has 0 unspecified atom stereocenters. The number of hydrogen-bond donors (Lipinski definition) is 2. The molecule has 2 N–H and O–H groups in total. The van der Waals surface area contributed by atoms with Gasteiger partial charge in [0, 0.05) is 28.9 Å². The third kappa shape index (κ3) is 4.76. The summed E-state index contributed by atoms with van der Waals surface area (Å²) in [6.45, 7) is 2.72. The van der Waals surface area contributed by atoms with Crippen LogP contribution in [0.15, 0.2) is 67.1 Å². The molecule has 0 spiro atoms. The lowest BCUT2D eigenvalue weighted by molar-refractivity contribution is 0.0989. The van der Waals surface area contributed by atoms with Crippen LogP contribution in [0.4, 0.5) is 5.69 Å². The summed E-state index contributed by atoms with van der Waals surface area (Å²) >= 11 is 0. The zero-order chi connectivity index (χ0) is 29.8. The van der Waals surface area contributed by atoms with Gasteiger partial charge in [0.1, 0.15) is 18.0 Å². The number of nitrogens with zero attached hydrogens (tertiary/aromatic N) is 5. The average Bonchev–Trinajstić information content (AvgIpc) is 3.66. The first-order chi connectivity index (χ1) is 21.6. The van der Waals surface area contributed by atoms with Crippen molar-refractivity contribution in [3.05, 3.63) is 83.8 Å². The van der Waals surface area contributed by atoms with E-state index in [-0.39, 0.29) is 12.5 Å². The number of aliphatic hydroxyl groups excluding tert-OH is 1. The number of hydrogen-bond acceptors (Lipinski definition) is 6. The summed E-state index contributed by atoms with van der Waals surface area (Å²) in [7, 11) is 2.17. The van der Waals surface area contributed by atoms with Crippen molar-refractivity contribution in [3.8, 4) is 28.1 Å². The summed E-state index contributed by atoms with van der Waals surface area (Å²) in [5.41, 5.74) is 7.73. The summed E-state index contributed by atoms with van der Waals surface area (Å²) in [6.07, 6.45) is 10.4. The first-order valence-corrected chi connectivity index (χ1v) is 15.6. The summed E-state index contributed by atoms with van der Waals surface area (Å²) < 4.78 is 8.18. The van der Waals surface area contributed by atoms with E-state index in [1.165, 1.54) is 18.4 Å². The summed E-state index contributed by atoms with van der Waals surface area (Å²) in [5, 5.41) is 16.4. The number of anilines is 1. The zero-order valence-corrected chi connectivity index (χ0v) is 24.9. The minimum absolute atomic E-state index is 0.114. The predicted molar refractivity (Wildman–Crippen MR) is 170 cm³/mol. The predicted octanol–water partition coefficient (Wildman–Crippen LogP) is 5.77. The van der Waals surface area contributed by atoms with Crippen molar-refractivity contribution in [2.75, 3.05) is 38.2 Å². The molecule has 5 heterocycles. The van der Waals surface area contributed by atoms with Gasteiger partial charge in [-0.25, -0.2) is 4.98 Å². The molecule has 5 aromatic rings. The number of ether oxygens (including phenoxy) is 1. The molecule has 3 aromatic heterocycles. The number of aromatic nitrogens is 4. The number of rotatable bonds is 6. The van der Waals surface area contributed by atoms with Crippen LogP contribution in [-0.2, 0) is 6.61 Å². The van der Waals surface area contributed by atoms with Gasteiger partial charge in [-0.2, -0.15) is 5.10 Å². The molecule has 1 aliphatic carbocycles. The number of piperidine rings is 1. The second-order valence-electron chi connectivity index (χ2n) is 12.3. The number of fused-ring (bicyclic) bond motifs is 2. The molecule has 1 amide bonds. The third-order valence-electron chi connectivity index (χ3n) is 9.50. The Morgan fingerprint density at radius 2 is 1.86 bits per heavy atom. The van der Waals surface area contributed by atoms with Gasteiger partial charge in [0.15, 0.2) is 0 Å². The number of carbonyl (C=O) groups is 1. The Balaban J connectivity index is 1.14. The van der Waals surface area contributed by atoms with Crippen LogP contribution in [0.1, 0.15) is 59.1 Å². The molecule has 1 saturated carbocycles. The van der Waals surface area contributed by atoms with E-state index < -0.39 is 0 Å². The minimum atomic E-state index is -0.214. The number of amides is 1. The number of likely N-dealkylation sites (tertiary alicyclic amines) is 1. The average molecular weight is 589 g/mol. The largest absolute Gasteiger partial charge is 0.491 e. The maximum atomic E-state index is 13.9. The molecule has 0 radical (unpaired) electrons. The van der Waals surface area contributed by atoms with Crippen molar-refractivity contribution in [2.45, 2.75) is 44.2 Å². The van der Waals surface area contributed by atoms with E-state index in [0.717, 1.165) is 59.3 Å². The summed E-state index contributed by atoms with van der Waals surface area (Å²) in [6, 6.07) is 16.3. The SMILES string of the molecule is CN1CCC(n2cc(-c3cc4c(-c5cccc(N6CCOc7cc(C8CC8)ccc7C6=O)c5CO)ccnc4[nH]3)cn2)CC1. The van der Waals surface area contributed by atoms with Crippen molar-refractivity contribution in [1.82, 2.24) is 24.6 Å². The molecule has 8 rings (SSSR count). The molecular formula is C35H36N6O3. The lowest BCUT2D eigenvalue weighted by Crippen LogP contribution is -2.33. The Kier molecular flexibility index (Phi) is 6.72. The molecule has 1 saturated heterocycles. The lowest BCUT2D eigenvalue weighted by Gasteiger charge is -2.28. The molecule has 0 atom stereocenters. The topological polar surface area (TPSA) is 99.5 Å². The van der Waals surface area contributed by atoms with Gasteiger partial charge in [-0.15, -0.1) is 0 Å². The van der Waals surface area contributed by atoms with E-state index in [0.29, 0.717) is 47.7 Å². The summed E-state index contributed by atoms with van der Waals surface area (Å²) in [5.74, 6) is 1.12. The highest BCUT2D eigenvalue weighted by molar-refractivity contribution is 6.09. The molecule has 9 nitrogen and oxygen atoms in total.